The predicted octanol–water partition coefficient (Wildman–Crippen LogP) is 0.353. The molecule has 5 N–H and O–H groups in total. The van der Waals surface area contributed by atoms with Gasteiger partial charge in [0.2, 0.25) is 11.7 Å². The first-order chi connectivity index (χ1) is 15.3. The van der Waals surface area contributed by atoms with E-state index < -0.39 is 48.5 Å². The zero-order chi connectivity index (χ0) is 23.0. The largest absolute Gasteiger partial charge is 0.507 e. The average Bonchev–Trinajstić information content (AvgIpc) is 2.79. The summed E-state index contributed by atoms with van der Waals surface area (Å²) in [6.07, 6.45) is -6.14. The quantitative estimate of drug-likeness (QED) is 0.370. The number of rotatable bonds is 5. The van der Waals surface area contributed by atoms with Crippen LogP contribution in [0.4, 0.5) is 0 Å². The molecular weight excluding hydrogens is 424 g/mol. The van der Waals surface area contributed by atoms with Gasteiger partial charge in [0.05, 0.1) is 19.3 Å². The van der Waals surface area contributed by atoms with Crippen LogP contribution in [0.5, 0.6) is 17.2 Å². The monoisotopic (exact) mass is 446 g/mol. The highest BCUT2D eigenvalue weighted by atomic mass is 16.7. The fourth-order valence-corrected chi connectivity index (χ4v) is 3.54. The smallest absolute Gasteiger partial charge is 0.229 e. The summed E-state index contributed by atoms with van der Waals surface area (Å²) in [6, 6.07) is 9.20. The van der Waals surface area contributed by atoms with Gasteiger partial charge < -0.3 is 44.2 Å². The summed E-state index contributed by atoms with van der Waals surface area (Å²) in [5.74, 6) is 0.169. The Hall–Kier alpha value is -3.15. The van der Waals surface area contributed by atoms with E-state index in [1.165, 1.54) is 19.4 Å². The van der Waals surface area contributed by atoms with Crippen LogP contribution in [0.2, 0.25) is 0 Å². The van der Waals surface area contributed by atoms with Crippen LogP contribution >= 0.6 is 0 Å². The standard InChI is InChI=1S/C22H22O10/c1-29-11-4-2-10(3-5-11)13-9-30-15-7-12(6-14(24)17(15)18(13)25)31-22-21(28)20(27)19(26)16(8-23)32-22/h2-7,9,16,19-24,26-28H,8H2,1H3/t16-,19-,20+,21-,22+/m1/s1. The summed E-state index contributed by atoms with van der Waals surface area (Å²) < 4.78 is 21.4. The Morgan fingerprint density at radius 2 is 1.72 bits per heavy atom. The molecule has 5 atom stereocenters. The minimum absolute atomic E-state index is 0.0202. The maximum Gasteiger partial charge on any atom is 0.229 e. The van der Waals surface area contributed by atoms with Crippen LogP contribution in [-0.2, 0) is 4.74 Å². The molecule has 32 heavy (non-hydrogen) atoms. The SMILES string of the molecule is COc1ccc(-c2coc3cc(O[C@H]4O[C@H](CO)[C@@H](O)[C@H](O)[C@H]4O)cc(O)c3c2=O)cc1. The van der Waals surface area contributed by atoms with Crippen LogP contribution < -0.4 is 14.9 Å². The minimum atomic E-state index is -1.63. The Balaban J connectivity index is 1.66. The van der Waals surface area contributed by atoms with Gasteiger partial charge in [0.25, 0.3) is 0 Å². The minimum Gasteiger partial charge on any atom is -0.507 e. The molecule has 1 fully saturated rings. The molecule has 0 spiro atoms. The average molecular weight is 446 g/mol. The third kappa shape index (κ3) is 3.90. The van der Waals surface area contributed by atoms with Gasteiger partial charge in [0, 0.05) is 12.1 Å². The van der Waals surface area contributed by atoms with Crippen LogP contribution in [0.15, 0.2) is 51.9 Å². The molecule has 1 saturated heterocycles. The molecule has 2 aromatic carbocycles. The number of hydrogen-bond donors (Lipinski definition) is 5. The highest BCUT2D eigenvalue weighted by Gasteiger charge is 2.44. The second-order valence-corrected chi connectivity index (χ2v) is 7.34. The van der Waals surface area contributed by atoms with Gasteiger partial charge in [-0.05, 0) is 17.7 Å². The zero-order valence-electron chi connectivity index (χ0n) is 16.9. The van der Waals surface area contributed by atoms with Crippen molar-refractivity contribution < 1.29 is 44.2 Å². The fourth-order valence-electron chi connectivity index (χ4n) is 3.54. The molecule has 1 aliphatic heterocycles. The summed E-state index contributed by atoms with van der Waals surface area (Å²) >= 11 is 0. The zero-order valence-corrected chi connectivity index (χ0v) is 16.9. The van der Waals surface area contributed by atoms with Crippen molar-refractivity contribution >= 4 is 11.0 Å². The van der Waals surface area contributed by atoms with Gasteiger partial charge in [-0.25, -0.2) is 0 Å². The topological polar surface area (TPSA) is 159 Å². The maximum atomic E-state index is 13.0. The molecule has 2 heterocycles. The first kappa shape index (κ1) is 22.1. The second kappa shape index (κ2) is 8.77. The van der Waals surface area contributed by atoms with Gasteiger partial charge in [-0.2, -0.15) is 0 Å². The second-order valence-electron chi connectivity index (χ2n) is 7.34. The lowest BCUT2D eigenvalue weighted by Crippen LogP contribution is -2.60. The molecule has 0 amide bonds. The molecule has 0 saturated carbocycles. The first-order valence-corrected chi connectivity index (χ1v) is 9.74. The van der Waals surface area contributed by atoms with E-state index in [0.29, 0.717) is 11.3 Å². The van der Waals surface area contributed by atoms with Crippen molar-refractivity contribution in [3.63, 3.8) is 0 Å². The van der Waals surface area contributed by atoms with E-state index in [2.05, 4.69) is 0 Å². The fraction of sp³-hybridized carbons (Fsp3) is 0.318. The molecule has 0 aliphatic carbocycles. The molecule has 10 heteroatoms. The molecule has 0 unspecified atom stereocenters. The van der Waals surface area contributed by atoms with Crippen molar-refractivity contribution in [2.24, 2.45) is 0 Å². The van der Waals surface area contributed by atoms with Gasteiger partial charge in [0.15, 0.2) is 0 Å². The third-order valence-corrected chi connectivity index (χ3v) is 5.33. The normalized spacial score (nSPS) is 25.6. The number of aromatic hydroxyl groups is 1. The molecule has 4 rings (SSSR count). The maximum absolute atomic E-state index is 13.0. The number of methoxy groups -OCH3 is 1. The predicted molar refractivity (Wildman–Crippen MR) is 111 cm³/mol. The number of benzene rings is 2. The highest BCUT2D eigenvalue weighted by molar-refractivity contribution is 5.88. The summed E-state index contributed by atoms with van der Waals surface area (Å²) in [4.78, 5) is 13.0. The Morgan fingerprint density at radius 3 is 2.38 bits per heavy atom. The van der Waals surface area contributed by atoms with Gasteiger partial charge >= 0.3 is 0 Å². The number of ether oxygens (including phenoxy) is 3. The lowest BCUT2D eigenvalue weighted by atomic mass is 9.99. The molecule has 0 bridgehead atoms. The van der Waals surface area contributed by atoms with E-state index in [0.717, 1.165) is 6.07 Å². The third-order valence-electron chi connectivity index (χ3n) is 5.33. The van der Waals surface area contributed by atoms with E-state index >= 15 is 0 Å². The molecule has 170 valence electrons. The van der Waals surface area contributed by atoms with Crippen molar-refractivity contribution in [2.45, 2.75) is 30.7 Å². The Morgan fingerprint density at radius 1 is 1.00 bits per heavy atom. The number of fused-ring (bicyclic) bond motifs is 1. The lowest BCUT2D eigenvalue weighted by molar-refractivity contribution is -0.277. The van der Waals surface area contributed by atoms with Gasteiger partial charge in [0.1, 0.15) is 58.9 Å². The highest BCUT2D eigenvalue weighted by Crippen LogP contribution is 2.32. The molecular formula is C22H22O10. The molecule has 1 aromatic heterocycles. The van der Waals surface area contributed by atoms with Gasteiger partial charge in [-0.3, -0.25) is 4.79 Å². The molecule has 0 radical (unpaired) electrons. The summed E-state index contributed by atoms with van der Waals surface area (Å²) in [6.45, 7) is -0.614. The van der Waals surface area contributed by atoms with E-state index in [4.69, 9.17) is 18.6 Å². The number of aliphatic hydroxyl groups is 4. The van der Waals surface area contributed by atoms with E-state index in [9.17, 15) is 30.3 Å². The molecule has 10 nitrogen and oxygen atoms in total. The van der Waals surface area contributed by atoms with Crippen LogP contribution in [-0.4, -0.2) is 70.0 Å². The van der Waals surface area contributed by atoms with Crippen molar-refractivity contribution in [1.29, 1.82) is 0 Å². The van der Waals surface area contributed by atoms with E-state index in [1.807, 2.05) is 0 Å². The number of hydrogen-bond acceptors (Lipinski definition) is 10. The number of aliphatic hydroxyl groups excluding tert-OH is 4. The molecule has 1 aliphatic rings. The van der Waals surface area contributed by atoms with Crippen molar-refractivity contribution in [3.8, 4) is 28.4 Å². The Labute approximate surface area is 181 Å². The van der Waals surface area contributed by atoms with Gasteiger partial charge in [-0.1, -0.05) is 12.1 Å². The summed E-state index contributed by atoms with van der Waals surface area (Å²) in [7, 11) is 1.53. The van der Waals surface area contributed by atoms with Gasteiger partial charge in [-0.15, -0.1) is 0 Å². The Kier molecular flexibility index (Phi) is 6.04. The number of phenolic OH excluding ortho intramolecular Hbond substituents is 1. The lowest BCUT2D eigenvalue weighted by Gasteiger charge is -2.39. The van der Waals surface area contributed by atoms with E-state index in [-0.39, 0.29) is 22.3 Å². The van der Waals surface area contributed by atoms with Crippen LogP contribution in [0.25, 0.3) is 22.1 Å². The van der Waals surface area contributed by atoms with Crippen LogP contribution in [0.3, 0.4) is 0 Å². The first-order valence-electron chi connectivity index (χ1n) is 9.74. The van der Waals surface area contributed by atoms with E-state index in [1.54, 1.807) is 24.3 Å². The van der Waals surface area contributed by atoms with Crippen LogP contribution in [0.1, 0.15) is 0 Å². The van der Waals surface area contributed by atoms with Crippen LogP contribution in [0, 0.1) is 0 Å². The molecule has 3 aromatic rings. The number of phenols is 1. The Bertz CT molecular complexity index is 1150. The van der Waals surface area contributed by atoms with Crippen molar-refractivity contribution in [3.05, 3.63) is 52.9 Å². The van der Waals surface area contributed by atoms with Crippen molar-refractivity contribution in [1.82, 2.24) is 0 Å². The summed E-state index contributed by atoms with van der Waals surface area (Å²) in [5, 5.41) is 49.6. The van der Waals surface area contributed by atoms with Crippen molar-refractivity contribution in [2.75, 3.05) is 13.7 Å². The summed E-state index contributed by atoms with van der Waals surface area (Å²) in [5.41, 5.74) is 0.362.